The van der Waals surface area contributed by atoms with Gasteiger partial charge in [-0.25, -0.2) is 4.98 Å². The van der Waals surface area contributed by atoms with Gasteiger partial charge in [0.15, 0.2) is 0 Å². The van der Waals surface area contributed by atoms with Crippen molar-refractivity contribution in [1.29, 1.82) is 0 Å². The van der Waals surface area contributed by atoms with Gasteiger partial charge in [-0.05, 0) is 55.0 Å². The van der Waals surface area contributed by atoms with Gasteiger partial charge in [0, 0.05) is 35.0 Å². The normalized spacial score (nSPS) is 26.9. The number of likely N-dealkylation sites (tertiary alicyclic amines) is 1. The number of pyridine rings is 1. The highest BCUT2D eigenvalue weighted by Crippen LogP contribution is 2.47. The van der Waals surface area contributed by atoms with E-state index in [1.54, 1.807) is 0 Å². The summed E-state index contributed by atoms with van der Waals surface area (Å²) in [4.78, 5) is 20.4. The number of nitrogen functional groups attached to an aromatic ring is 1. The van der Waals surface area contributed by atoms with Crippen LogP contribution in [0.5, 0.6) is 0 Å². The quantitative estimate of drug-likeness (QED) is 0.654. The molecule has 1 saturated heterocycles. The van der Waals surface area contributed by atoms with Crippen LogP contribution >= 0.6 is 0 Å². The predicted octanol–water partition coefficient (Wildman–Crippen LogP) is 4.82. The van der Waals surface area contributed by atoms with Crippen LogP contribution in [0.1, 0.15) is 65.3 Å². The first kappa shape index (κ1) is 18.8. The molecule has 2 aliphatic heterocycles. The number of hydrogen-bond donors (Lipinski definition) is 1. The van der Waals surface area contributed by atoms with Crippen LogP contribution in [0.2, 0.25) is 0 Å². The van der Waals surface area contributed by atoms with Gasteiger partial charge in [-0.3, -0.25) is 4.79 Å². The lowest BCUT2D eigenvalue weighted by Crippen LogP contribution is -2.36. The average molecular weight is 414 g/mol. The second-order valence-corrected chi connectivity index (χ2v) is 9.21. The zero-order valence-corrected chi connectivity index (χ0v) is 17.8. The summed E-state index contributed by atoms with van der Waals surface area (Å²) in [5.41, 5.74) is 11.2. The Bertz CT molecular complexity index is 1180. The van der Waals surface area contributed by atoms with Gasteiger partial charge in [0.2, 0.25) is 0 Å². The zero-order valence-electron chi connectivity index (χ0n) is 17.8. The molecule has 2 aromatic carbocycles. The number of benzene rings is 2. The molecule has 2 N–H and O–H groups in total. The second-order valence-electron chi connectivity index (χ2n) is 9.21. The molecule has 0 radical (unpaired) electrons. The first-order valence-electron chi connectivity index (χ1n) is 11.3. The number of fused-ring (bicyclic) bond motifs is 4. The molecule has 1 amide bonds. The fourth-order valence-corrected chi connectivity index (χ4v) is 6.16. The summed E-state index contributed by atoms with van der Waals surface area (Å²) in [5, 5.41) is 0.987. The topological polar surface area (TPSA) is 68.5 Å². The van der Waals surface area contributed by atoms with Gasteiger partial charge in [-0.15, -0.1) is 0 Å². The Morgan fingerprint density at radius 1 is 1.16 bits per heavy atom. The van der Waals surface area contributed by atoms with Gasteiger partial charge < -0.3 is 15.4 Å². The van der Waals surface area contributed by atoms with Crippen LogP contribution in [-0.4, -0.2) is 28.4 Å². The van der Waals surface area contributed by atoms with E-state index >= 15 is 0 Å². The predicted molar refractivity (Wildman–Crippen MR) is 121 cm³/mol. The third-order valence-electron chi connectivity index (χ3n) is 7.63. The van der Waals surface area contributed by atoms with Crippen molar-refractivity contribution in [2.24, 2.45) is 5.92 Å². The average Bonchev–Trinajstić information content (AvgIpc) is 3.49. The maximum absolute atomic E-state index is 13.7. The molecule has 1 saturated carbocycles. The first-order valence-corrected chi connectivity index (χ1v) is 11.3. The van der Waals surface area contributed by atoms with Crippen molar-refractivity contribution >= 4 is 22.6 Å². The van der Waals surface area contributed by atoms with E-state index in [-0.39, 0.29) is 12.0 Å². The standard InChI is InChI=1S/C26H27N3O2/c1-15-24-21(14-31-15)19-12-17(10-11-22(19)28-25(24)27)26(30)29-13-20(16-6-3-2-4-7-16)18-8-5-9-23(18)29/h2-4,6-7,10-12,15,18,20,23H,5,8-9,13-14H2,1H3,(H2,27,28)/t15-,18+,20+,23+/m1/s1. The number of hydrogen-bond acceptors (Lipinski definition) is 4. The molecule has 1 aromatic heterocycles. The highest BCUT2D eigenvalue weighted by Gasteiger charge is 2.46. The van der Waals surface area contributed by atoms with Gasteiger partial charge in [-0.1, -0.05) is 36.8 Å². The van der Waals surface area contributed by atoms with E-state index in [2.05, 4.69) is 40.2 Å². The maximum atomic E-state index is 13.7. The van der Waals surface area contributed by atoms with E-state index in [4.69, 9.17) is 10.5 Å². The van der Waals surface area contributed by atoms with Crippen LogP contribution in [-0.2, 0) is 11.3 Å². The minimum Gasteiger partial charge on any atom is -0.383 e. The smallest absolute Gasteiger partial charge is 0.254 e. The monoisotopic (exact) mass is 413 g/mol. The third-order valence-corrected chi connectivity index (χ3v) is 7.63. The summed E-state index contributed by atoms with van der Waals surface area (Å²) in [6.45, 7) is 3.31. The highest BCUT2D eigenvalue weighted by molar-refractivity contribution is 5.99. The van der Waals surface area contributed by atoms with E-state index in [1.165, 1.54) is 18.4 Å². The number of amides is 1. The van der Waals surface area contributed by atoms with E-state index < -0.39 is 0 Å². The molecular weight excluding hydrogens is 386 g/mol. The Hall–Kier alpha value is -2.92. The van der Waals surface area contributed by atoms with Gasteiger partial charge >= 0.3 is 0 Å². The summed E-state index contributed by atoms with van der Waals surface area (Å²) in [6.07, 6.45) is 3.45. The summed E-state index contributed by atoms with van der Waals surface area (Å²) in [6, 6.07) is 16.9. The third kappa shape index (κ3) is 2.87. The molecule has 158 valence electrons. The van der Waals surface area contributed by atoms with Crippen molar-refractivity contribution < 1.29 is 9.53 Å². The minimum absolute atomic E-state index is 0.0595. The lowest BCUT2D eigenvalue weighted by atomic mass is 9.87. The first-order chi connectivity index (χ1) is 15.1. The molecule has 1 aliphatic carbocycles. The van der Waals surface area contributed by atoms with Gasteiger partial charge in [-0.2, -0.15) is 0 Å². The molecule has 31 heavy (non-hydrogen) atoms. The SMILES string of the molecule is C[C@H]1OCc2c1c(N)nc1ccc(C(=O)N3C[C@@H](c4ccccc4)[C@@H]4CCC[C@@H]43)cc21. The Kier molecular flexibility index (Phi) is 4.29. The summed E-state index contributed by atoms with van der Waals surface area (Å²) in [5.74, 6) is 1.66. The van der Waals surface area contributed by atoms with Crippen molar-refractivity contribution in [3.8, 4) is 0 Å². The molecule has 3 aliphatic rings. The molecule has 0 bridgehead atoms. The molecule has 3 heterocycles. The Morgan fingerprint density at radius 2 is 2.00 bits per heavy atom. The number of aromatic nitrogens is 1. The van der Waals surface area contributed by atoms with Crippen molar-refractivity contribution in [1.82, 2.24) is 9.88 Å². The number of rotatable bonds is 2. The van der Waals surface area contributed by atoms with Gasteiger partial charge in [0.25, 0.3) is 5.91 Å². The molecule has 0 spiro atoms. The second kappa shape index (κ2) is 7.06. The van der Waals surface area contributed by atoms with E-state index in [1.807, 2.05) is 25.1 Å². The molecule has 4 atom stereocenters. The van der Waals surface area contributed by atoms with E-state index in [0.717, 1.165) is 40.6 Å². The van der Waals surface area contributed by atoms with Crippen molar-refractivity contribution in [3.05, 3.63) is 70.8 Å². The number of nitrogens with zero attached hydrogens (tertiary/aromatic N) is 2. The zero-order chi connectivity index (χ0) is 21.1. The van der Waals surface area contributed by atoms with Crippen molar-refractivity contribution in [3.63, 3.8) is 0 Å². The molecule has 5 heteroatoms. The molecule has 0 unspecified atom stereocenters. The summed E-state index contributed by atoms with van der Waals surface area (Å²) in [7, 11) is 0. The molecule has 5 nitrogen and oxygen atoms in total. The number of nitrogens with two attached hydrogens (primary N) is 1. The molecule has 2 fully saturated rings. The van der Waals surface area contributed by atoms with Crippen molar-refractivity contribution in [2.75, 3.05) is 12.3 Å². The van der Waals surface area contributed by atoms with Crippen LogP contribution in [0.3, 0.4) is 0 Å². The number of anilines is 1. The highest BCUT2D eigenvalue weighted by atomic mass is 16.5. The van der Waals surface area contributed by atoms with Crippen LogP contribution in [0.15, 0.2) is 48.5 Å². The van der Waals surface area contributed by atoms with E-state index in [9.17, 15) is 4.79 Å². The lowest BCUT2D eigenvalue weighted by molar-refractivity contribution is 0.0728. The van der Waals surface area contributed by atoms with Crippen LogP contribution in [0.25, 0.3) is 10.9 Å². The van der Waals surface area contributed by atoms with Gasteiger partial charge in [0.1, 0.15) is 5.82 Å². The van der Waals surface area contributed by atoms with E-state index in [0.29, 0.717) is 30.3 Å². The maximum Gasteiger partial charge on any atom is 0.254 e. The Morgan fingerprint density at radius 3 is 2.84 bits per heavy atom. The fourth-order valence-electron chi connectivity index (χ4n) is 6.16. The molecule has 6 rings (SSSR count). The Balaban J connectivity index is 1.37. The largest absolute Gasteiger partial charge is 0.383 e. The van der Waals surface area contributed by atoms with Gasteiger partial charge in [0.05, 0.1) is 18.2 Å². The van der Waals surface area contributed by atoms with Crippen molar-refractivity contribution in [2.45, 2.75) is 50.9 Å². The van der Waals surface area contributed by atoms with Crippen LogP contribution in [0, 0.1) is 5.92 Å². The summed E-state index contributed by atoms with van der Waals surface area (Å²) >= 11 is 0. The molecule has 3 aromatic rings. The fraction of sp³-hybridized carbons (Fsp3) is 0.385. The number of ether oxygens (including phenoxy) is 1. The van der Waals surface area contributed by atoms with Crippen LogP contribution < -0.4 is 5.73 Å². The lowest BCUT2D eigenvalue weighted by Gasteiger charge is -2.24. The number of carbonyl (C=O) groups excluding carboxylic acids is 1. The minimum atomic E-state index is -0.0595. The molecular formula is C26H27N3O2. The summed E-state index contributed by atoms with van der Waals surface area (Å²) < 4.78 is 5.82. The Labute approximate surface area is 182 Å². The van der Waals surface area contributed by atoms with Crippen LogP contribution in [0.4, 0.5) is 5.82 Å². The number of carbonyl (C=O) groups is 1.